The van der Waals surface area contributed by atoms with Crippen LogP contribution < -0.4 is 10.1 Å². The third-order valence-electron chi connectivity index (χ3n) is 2.96. The maximum absolute atomic E-state index is 12.2. The Morgan fingerprint density at radius 2 is 2.33 bits per heavy atom. The minimum absolute atomic E-state index is 0.0133. The molecule has 5 nitrogen and oxygen atoms in total. The van der Waals surface area contributed by atoms with E-state index in [1.54, 1.807) is 0 Å². The Bertz CT molecular complexity index is 488. The van der Waals surface area contributed by atoms with E-state index in [9.17, 15) is 18.0 Å². The topological polar surface area (TPSA) is 60.5 Å². The zero-order valence-corrected chi connectivity index (χ0v) is 11.2. The number of aromatic nitrogens is 1. The number of rotatable bonds is 5. The maximum Gasteiger partial charge on any atom is 0.422 e. The molecule has 0 bridgehead atoms. The fourth-order valence-corrected chi connectivity index (χ4v) is 1.91. The molecule has 1 fully saturated rings. The molecular weight excluding hydrogens is 289 g/mol. The van der Waals surface area contributed by atoms with E-state index in [0.29, 0.717) is 19.8 Å². The number of pyridine rings is 1. The Morgan fingerprint density at radius 1 is 1.52 bits per heavy atom. The van der Waals surface area contributed by atoms with Crippen LogP contribution in [-0.4, -0.2) is 43.4 Å². The Kier molecular flexibility index (Phi) is 5.00. The highest BCUT2D eigenvalue weighted by molar-refractivity contribution is 5.96. The summed E-state index contributed by atoms with van der Waals surface area (Å²) in [5, 5.41) is 2.66. The van der Waals surface area contributed by atoms with Gasteiger partial charge in [-0.15, -0.1) is 0 Å². The van der Waals surface area contributed by atoms with E-state index >= 15 is 0 Å². The third-order valence-corrected chi connectivity index (χ3v) is 2.96. The molecule has 0 unspecified atom stereocenters. The lowest BCUT2D eigenvalue weighted by atomic mass is 10.1. The van der Waals surface area contributed by atoms with Crippen molar-refractivity contribution >= 4 is 5.91 Å². The first-order valence-corrected chi connectivity index (χ1v) is 6.46. The van der Waals surface area contributed by atoms with Gasteiger partial charge in [-0.25, -0.2) is 4.98 Å². The van der Waals surface area contributed by atoms with Crippen molar-refractivity contribution in [2.24, 2.45) is 5.92 Å². The molecule has 21 heavy (non-hydrogen) atoms. The summed E-state index contributed by atoms with van der Waals surface area (Å²) in [7, 11) is 0. The van der Waals surface area contributed by atoms with Crippen LogP contribution in [0, 0.1) is 5.92 Å². The first-order chi connectivity index (χ1) is 9.96. The fourth-order valence-electron chi connectivity index (χ4n) is 1.91. The Labute approximate surface area is 119 Å². The zero-order chi connectivity index (χ0) is 15.3. The van der Waals surface area contributed by atoms with Crippen molar-refractivity contribution in [3.05, 3.63) is 23.9 Å². The number of carbonyl (C=O) groups is 1. The average Bonchev–Trinajstić information content (AvgIpc) is 2.95. The molecular formula is C13H15F3N2O3. The molecule has 0 aliphatic carbocycles. The van der Waals surface area contributed by atoms with Gasteiger partial charge < -0.3 is 14.8 Å². The largest absolute Gasteiger partial charge is 0.467 e. The Morgan fingerprint density at radius 3 is 3.00 bits per heavy atom. The van der Waals surface area contributed by atoms with E-state index in [1.165, 1.54) is 18.3 Å². The SMILES string of the molecule is O=C(NC[C@H]1CCOC1)c1cccnc1OCC(F)(F)F. The lowest BCUT2D eigenvalue weighted by molar-refractivity contribution is -0.154. The van der Waals surface area contributed by atoms with E-state index in [-0.39, 0.29) is 17.4 Å². The monoisotopic (exact) mass is 304 g/mol. The molecule has 1 N–H and O–H groups in total. The minimum Gasteiger partial charge on any atom is -0.467 e. The van der Waals surface area contributed by atoms with Crippen LogP contribution in [0.4, 0.5) is 13.2 Å². The highest BCUT2D eigenvalue weighted by Crippen LogP contribution is 2.20. The summed E-state index contributed by atoms with van der Waals surface area (Å²) in [5.74, 6) is -0.604. The van der Waals surface area contributed by atoms with Gasteiger partial charge in [0.15, 0.2) is 6.61 Å². The van der Waals surface area contributed by atoms with Gasteiger partial charge in [0.25, 0.3) is 5.91 Å². The van der Waals surface area contributed by atoms with Crippen LogP contribution in [-0.2, 0) is 4.74 Å². The second-order valence-corrected chi connectivity index (χ2v) is 4.70. The van der Waals surface area contributed by atoms with Crippen LogP contribution >= 0.6 is 0 Å². The summed E-state index contributed by atoms with van der Waals surface area (Å²) in [5.41, 5.74) is -0.0133. The second-order valence-electron chi connectivity index (χ2n) is 4.70. The summed E-state index contributed by atoms with van der Waals surface area (Å²) < 4.78 is 46.2. The molecule has 1 aliphatic rings. The molecule has 1 aliphatic heterocycles. The smallest absolute Gasteiger partial charge is 0.422 e. The first kappa shape index (κ1) is 15.6. The number of ether oxygens (including phenoxy) is 2. The predicted octanol–water partition coefficient (Wildman–Crippen LogP) is 1.79. The van der Waals surface area contributed by atoms with Crippen LogP contribution in [0.3, 0.4) is 0 Å². The molecule has 0 radical (unpaired) electrons. The van der Waals surface area contributed by atoms with E-state index < -0.39 is 18.7 Å². The van der Waals surface area contributed by atoms with Crippen molar-refractivity contribution in [3.63, 3.8) is 0 Å². The molecule has 0 saturated carbocycles. The highest BCUT2D eigenvalue weighted by Gasteiger charge is 2.29. The molecule has 116 valence electrons. The highest BCUT2D eigenvalue weighted by atomic mass is 19.4. The molecule has 1 atom stereocenters. The van der Waals surface area contributed by atoms with E-state index in [0.717, 1.165) is 6.42 Å². The molecule has 0 aromatic carbocycles. The van der Waals surface area contributed by atoms with Crippen LogP contribution in [0.25, 0.3) is 0 Å². The quantitative estimate of drug-likeness (QED) is 0.901. The fraction of sp³-hybridized carbons (Fsp3) is 0.538. The summed E-state index contributed by atoms with van der Waals surface area (Å²) >= 11 is 0. The van der Waals surface area contributed by atoms with E-state index in [1.807, 2.05) is 0 Å². The summed E-state index contributed by atoms with van der Waals surface area (Å²) in [4.78, 5) is 15.7. The van der Waals surface area contributed by atoms with Gasteiger partial charge >= 0.3 is 6.18 Å². The third kappa shape index (κ3) is 4.89. The number of hydrogen-bond donors (Lipinski definition) is 1. The van der Waals surface area contributed by atoms with Crippen LogP contribution in [0.1, 0.15) is 16.8 Å². The molecule has 1 amide bonds. The number of halogens is 3. The number of amides is 1. The van der Waals surface area contributed by atoms with Gasteiger partial charge in [0.2, 0.25) is 5.88 Å². The first-order valence-electron chi connectivity index (χ1n) is 6.46. The van der Waals surface area contributed by atoms with Crippen molar-refractivity contribution in [2.75, 3.05) is 26.4 Å². The van der Waals surface area contributed by atoms with Crippen LogP contribution in [0.15, 0.2) is 18.3 Å². The predicted molar refractivity (Wildman–Crippen MR) is 67.0 cm³/mol. The summed E-state index contributed by atoms with van der Waals surface area (Å²) in [6.07, 6.45) is -2.36. The van der Waals surface area contributed by atoms with E-state index in [4.69, 9.17) is 4.74 Å². The number of carbonyl (C=O) groups excluding carboxylic acids is 1. The van der Waals surface area contributed by atoms with Crippen molar-refractivity contribution in [1.82, 2.24) is 10.3 Å². The molecule has 1 aromatic rings. The van der Waals surface area contributed by atoms with Crippen LogP contribution in [0.5, 0.6) is 5.88 Å². The summed E-state index contributed by atoms with van der Waals surface area (Å²) in [6, 6.07) is 2.84. The van der Waals surface area contributed by atoms with Gasteiger partial charge in [-0.1, -0.05) is 0 Å². The van der Waals surface area contributed by atoms with Crippen molar-refractivity contribution in [1.29, 1.82) is 0 Å². The van der Waals surface area contributed by atoms with Gasteiger partial charge in [-0.2, -0.15) is 13.2 Å². The minimum atomic E-state index is -4.48. The number of alkyl halides is 3. The Hall–Kier alpha value is -1.83. The van der Waals surface area contributed by atoms with Gasteiger partial charge in [0.05, 0.1) is 6.61 Å². The average molecular weight is 304 g/mol. The number of nitrogens with zero attached hydrogens (tertiary/aromatic N) is 1. The lowest BCUT2D eigenvalue weighted by Crippen LogP contribution is -2.30. The molecule has 2 rings (SSSR count). The summed E-state index contributed by atoms with van der Waals surface area (Å²) in [6.45, 7) is 0.158. The van der Waals surface area contributed by atoms with Gasteiger partial charge in [-0.05, 0) is 18.6 Å². The maximum atomic E-state index is 12.2. The lowest BCUT2D eigenvalue weighted by Gasteiger charge is -2.13. The molecule has 0 spiro atoms. The Balaban J connectivity index is 1.95. The van der Waals surface area contributed by atoms with Crippen molar-refractivity contribution in [3.8, 4) is 5.88 Å². The van der Waals surface area contributed by atoms with Crippen LogP contribution in [0.2, 0.25) is 0 Å². The molecule has 1 saturated heterocycles. The molecule has 1 aromatic heterocycles. The van der Waals surface area contributed by atoms with Gasteiger partial charge in [0, 0.05) is 25.3 Å². The van der Waals surface area contributed by atoms with Gasteiger partial charge in [-0.3, -0.25) is 4.79 Å². The van der Waals surface area contributed by atoms with E-state index in [2.05, 4.69) is 15.0 Å². The second kappa shape index (κ2) is 6.75. The molecule has 8 heteroatoms. The number of nitrogens with one attached hydrogen (secondary N) is 1. The standard InChI is InChI=1S/C13H15F3N2O3/c14-13(15,16)8-21-12-10(2-1-4-17-12)11(19)18-6-9-3-5-20-7-9/h1-2,4,9H,3,5-8H2,(H,18,19)/t9-/m1/s1. The van der Waals surface area contributed by atoms with Crippen molar-refractivity contribution < 1.29 is 27.4 Å². The zero-order valence-electron chi connectivity index (χ0n) is 11.2. The molecule has 2 heterocycles. The number of hydrogen-bond acceptors (Lipinski definition) is 4. The van der Waals surface area contributed by atoms with Crippen molar-refractivity contribution in [2.45, 2.75) is 12.6 Å². The van der Waals surface area contributed by atoms with Gasteiger partial charge in [0.1, 0.15) is 5.56 Å². The normalized spacial score (nSPS) is 18.5.